The van der Waals surface area contributed by atoms with Crippen LogP contribution in [0.3, 0.4) is 0 Å². The smallest absolute Gasteiger partial charge is 0.336 e. The van der Waals surface area contributed by atoms with Crippen molar-refractivity contribution >= 4 is 11.0 Å². The van der Waals surface area contributed by atoms with E-state index in [1.54, 1.807) is 12.1 Å². The van der Waals surface area contributed by atoms with E-state index >= 15 is 0 Å². The fourth-order valence-corrected chi connectivity index (χ4v) is 1.97. The predicted molar refractivity (Wildman–Crippen MR) is 79.9 cm³/mol. The Bertz CT molecular complexity index is 777. The van der Waals surface area contributed by atoms with Gasteiger partial charge < -0.3 is 13.9 Å². The molecule has 0 saturated heterocycles. The minimum atomic E-state index is -0.368. The Morgan fingerprint density at radius 3 is 2.33 bits per heavy atom. The summed E-state index contributed by atoms with van der Waals surface area (Å²) in [6.07, 6.45) is 0. The highest BCUT2D eigenvalue weighted by Crippen LogP contribution is 2.19. The summed E-state index contributed by atoms with van der Waals surface area (Å²) in [4.78, 5) is 11.2. The lowest BCUT2D eigenvalue weighted by atomic mass is 10.2. The van der Waals surface area contributed by atoms with Crippen LogP contribution in [0, 0.1) is 0 Å². The van der Waals surface area contributed by atoms with Gasteiger partial charge in [0.25, 0.3) is 0 Å². The van der Waals surface area contributed by atoms with E-state index in [9.17, 15) is 4.79 Å². The maximum absolute atomic E-state index is 11.2. The quantitative estimate of drug-likeness (QED) is 0.532. The van der Waals surface area contributed by atoms with Crippen molar-refractivity contribution in [3.05, 3.63) is 71.1 Å². The van der Waals surface area contributed by atoms with Gasteiger partial charge in [-0.3, -0.25) is 0 Å². The molecule has 0 bridgehead atoms. The first kappa shape index (κ1) is 13.2. The second-order valence-electron chi connectivity index (χ2n) is 4.46. The molecule has 0 saturated carbocycles. The van der Waals surface area contributed by atoms with Gasteiger partial charge in [0.2, 0.25) is 0 Å². The van der Waals surface area contributed by atoms with Gasteiger partial charge in [-0.05, 0) is 30.3 Å². The zero-order valence-corrected chi connectivity index (χ0v) is 11.3. The van der Waals surface area contributed by atoms with Gasteiger partial charge in [-0.15, -0.1) is 0 Å². The van der Waals surface area contributed by atoms with Gasteiger partial charge in [0, 0.05) is 17.5 Å². The third-order valence-corrected chi connectivity index (χ3v) is 2.96. The van der Waals surface area contributed by atoms with Crippen LogP contribution in [-0.4, -0.2) is 13.2 Å². The maximum Gasteiger partial charge on any atom is 0.336 e. The summed E-state index contributed by atoms with van der Waals surface area (Å²) < 4.78 is 16.2. The standard InChI is InChI=1S/C17H14O4/c18-17-9-7-13-6-8-15(12-16(13)21-17)20-11-10-19-14-4-2-1-3-5-14/h1-9,12H,10-11H2. The first-order chi connectivity index (χ1) is 10.3. The van der Waals surface area contributed by atoms with Crippen molar-refractivity contribution in [3.8, 4) is 11.5 Å². The molecule has 1 heterocycles. The minimum Gasteiger partial charge on any atom is -0.490 e. The zero-order valence-electron chi connectivity index (χ0n) is 11.3. The largest absolute Gasteiger partial charge is 0.490 e. The molecule has 0 atom stereocenters. The molecule has 0 amide bonds. The Kier molecular flexibility index (Phi) is 3.87. The predicted octanol–water partition coefficient (Wildman–Crippen LogP) is 3.25. The topological polar surface area (TPSA) is 48.7 Å². The summed E-state index contributed by atoms with van der Waals surface area (Å²) in [5, 5.41) is 0.863. The van der Waals surface area contributed by atoms with Crippen molar-refractivity contribution in [2.45, 2.75) is 0 Å². The summed E-state index contributed by atoms with van der Waals surface area (Å²) in [5.74, 6) is 1.46. The van der Waals surface area contributed by atoms with E-state index in [4.69, 9.17) is 13.9 Å². The first-order valence-electron chi connectivity index (χ1n) is 6.66. The van der Waals surface area contributed by atoms with Crippen LogP contribution in [0.15, 0.2) is 69.9 Å². The van der Waals surface area contributed by atoms with E-state index < -0.39 is 0 Å². The second kappa shape index (κ2) is 6.13. The number of hydrogen-bond acceptors (Lipinski definition) is 4. The molecule has 4 nitrogen and oxygen atoms in total. The Labute approximate surface area is 121 Å². The molecule has 3 aromatic rings. The Morgan fingerprint density at radius 2 is 1.52 bits per heavy atom. The molecule has 0 aliphatic rings. The van der Waals surface area contributed by atoms with Gasteiger partial charge in [0.05, 0.1) is 0 Å². The van der Waals surface area contributed by atoms with Gasteiger partial charge in [-0.2, -0.15) is 0 Å². The van der Waals surface area contributed by atoms with Crippen LogP contribution in [-0.2, 0) is 0 Å². The van der Waals surface area contributed by atoms with Crippen LogP contribution >= 0.6 is 0 Å². The molecule has 0 fully saturated rings. The van der Waals surface area contributed by atoms with Gasteiger partial charge in [-0.25, -0.2) is 4.79 Å². The van der Waals surface area contributed by atoms with Gasteiger partial charge >= 0.3 is 5.63 Å². The molecule has 0 aliphatic heterocycles. The molecule has 0 N–H and O–H groups in total. The summed E-state index contributed by atoms with van der Waals surface area (Å²) >= 11 is 0. The SMILES string of the molecule is O=c1ccc2ccc(OCCOc3ccccc3)cc2o1. The summed E-state index contributed by atoms with van der Waals surface area (Å²) in [6, 6.07) is 18.1. The fraction of sp³-hybridized carbons (Fsp3) is 0.118. The molecule has 3 rings (SSSR count). The van der Waals surface area contributed by atoms with Crippen molar-refractivity contribution in [2.24, 2.45) is 0 Å². The molecule has 0 aliphatic carbocycles. The Hall–Kier alpha value is -2.75. The van der Waals surface area contributed by atoms with Crippen LogP contribution in [0.2, 0.25) is 0 Å². The highest BCUT2D eigenvalue weighted by Gasteiger charge is 2.00. The van der Waals surface area contributed by atoms with E-state index in [2.05, 4.69) is 0 Å². The number of benzene rings is 2. The van der Waals surface area contributed by atoms with E-state index in [1.807, 2.05) is 42.5 Å². The van der Waals surface area contributed by atoms with E-state index in [1.165, 1.54) is 6.07 Å². The van der Waals surface area contributed by atoms with Crippen molar-refractivity contribution < 1.29 is 13.9 Å². The number of fused-ring (bicyclic) bond motifs is 1. The summed E-state index contributed by atoms with van der Waals surface area (Å²) in [7, 11) is 0. The minimum absolute atomic E-state index is 0.368. The average molecular weight is 282 g/mol. The lowest BCUT2D eigenvalue weighted by Crippen LogP contribution is -2.08. The summed E-state index contributed by atoms with van der Waals surface area (Å²) in [5.41, 5.74) is 0.149. The van der Waals surface area contributed by atoms with E-state index in [0.29, 0.717) is 24.5 Å². The van der Waals surface area contributed by atoms with E-state index in [-0.39, 0.29) is 5.63 Å². The van der Waals surface area contributed by atoms with Crippen LogP contribution in [0.1, 0.15) is 0 Å². The Morgan fingerprint density at radius 1 is 0.810 bits per heavy atom. The summed E-state index contributed by atoms with van der Waals surface area (Å²) in [6.45, 7) is 0.859. The first-order valence-corrected chi connectivity index (χ1v) is 6.66. The number of rotatable bonds is 5. The second-order valence-corrected chi connectivity index (χ2v) is 4.46. The number of ether oxygens (including phenoxy) is 2. The van der Waals surface area contributed by atoms with Crippen molar-refractivity contribution in [3.63, 3.8) is 0 Å². The van der Waals surface area contributed by atoms with E-state index in [0.717, 1.165) is 11.1 Å². The van der Waals surface area contributed by atoms with Crippen LogP contribution in [0.5, 0.6) is 11.5 Å². The normalized spacial score (nSPS) is 10.5. The molecule has 2 aromatic carbocycles. The molecular formula is C17H14O4. The van der Waals surface area contributed by atoms with Gasteiger partial charge in [0.15, 0.2) is 0 Å². The molecule has 1 aromatic heterocycles. The molecule has 0 spiro atoms. The van der Waals surface area contributed by atoms with Crippen molar-refractivity contribution in [1.82, 2.24) is 0 Å². The lowest BCUT2D eigenvalue weighted by molar-refractivity contribution is 0.217. The molecule has 0 unspecified atom stereocenters. The molecule has 4 heteroatoms. The maximum atomic E-state index is 11.2. The Balaban J connectivity index is 1.59. The number of para-hydroxylation sites is 1. The third kappa shape index (κ3) is 3.42. The van der Waals surface area contributed by atoms with Crippen LogP contribution in [0.25, 0.3) is 11.0 Å². The third-order valence-electron chi connectivity index (χ3n) is 2.96. The molecule has 106 valence electrons. The highest BCUT2D eigenvalue weighted by atomic mass is 16.5. The average Bonchev–Trinajstić information content (AvgIpc) is 2.52. The zero-order chi connectivity index (χ0) is 14.5. The highest BCUT2D eigenvalue weighted by molar-refractivity contribution is 5.77. The van der Waals surface area contributed by atoms with Crippen molar-refractivity contribution in [1.29, 1.82) is 0 Å². The van der Waals surface area contributed by atoms with Crippen LogP contribution in [0.4, 0.5) is 0 Å². The number of hydrogen-bond donors (Lipinski definition) is 0. The van der Waals surface area contributed by atoms with Gasteiger partial charge in [-0.1, -0.05) is 18.2 Å². The molecule has 21 heavy (non-hydrogen) atoms. The van der Waals surface area contributed by atoms with Crippen LogP contribution < -0.4 is 15.1 Å². The fourth-order valence-electron chi connectivity index (χ4n) is 1.97. The van der Waals surface area contributed by atoms with Crippen molar-refractivity contribution in [2.75, 3.05) is 13.2 Å². The lowest BCUT2D eigenvalue weighted by Gasteiger charge is -2.08. The molecular weight excluding hydrogens is 268 g/mol. The monoisotopic (exact) mass is 282 g/mol. The van der Waals surface area contributed by atoms with Gasteiger partial charge in [0.1, 0.15) is 30.3 Å². The molecule has 0 radical (unpaired) electrons.